The van der Waals surface area contributed by atoms with Gasteiger partial charge in [-0.1, -0.05) is 30.3 Å². The molecule has 1 atom stereocenters. The molecular formula is C21H22N6O4. The molecule has 0 unspecified atom stereocenters. The summed E-state index contributed by atoms with van der Waals surface area (Å²) in [7, 11) is 1.61. The number of hydrazine groups is 1. The first-order chi connectivity index (χ1) is 14.9. The summed E-state index contributed by atoms with van der Waals surface area (Å²) in [5, 5.41) is 8.35. The smallest absolute Gasteiger partial charge is 0.289 e. The maximum absolute atomic E-state index is 12.9. The molecule has 5 N–H and O–H groups in total. The molecule has 3 aromatic rings. The number of hydrazone groups is 1. The minimum absolute atomic E-state index is 0.0717. The van der Waals surface area contributed by atoms with E-state index < -0.39 is 11.9 Å². The number of nitrogens with zero attached hydrogens (tertiary/aromatic N) is 3. The van der Waals surface area contributed by atoms with Crippen LogP contribution in [0.1, 0.15) is 5.56 Å². The zero-order valence-corrected chi connectivity index (χ0v) is 16.8. The average molecular weight is 422 g/mol. The standard InChI is InChI=1S/C21H22N6O4/c1-26-16-9-14-7-8-30-17(14)10-18(16)31-12-15(21(26)29)24-20(28)19(22)25-27(23)11-13-5-3-2-4-6-13/h2-10,15H,11-12,23H2,1H3,(H2,22,25)(H,24,28)/t15-/m0/s1. The summed E-state index contributed by atoms with van der Waals surface area (Å²) in [5.74, 6) is 4.86. The number of furan rings is 1. The quantitative estimate of drug-likeness (QED) is 0.246. The van der Waals surface area contributed by atoms with Crippen molar-refractivity contribution in [3.05, 3.63) is 60.4 Å². The minimum atomic E-state index is -0.953. The lowest BCUT2D eigenvalue weighted by Gasteiger charge is -2.20. The number of hydrogen-bond acceptors (Lipinski definition) is 7. The van der Waals surface area contributed by atoms with Gasteiger partial charge in [0.15, 0.2) is 0 Å². The highest BCUT2D eigenvalue weighted by molar-refractivity contribution is 6.37. The Morgan fingerprint density at radius 3 is 2.84 bits per heavy atom. The predicted molar refractivity (Wildman–Crippen MR) is 115 cm³/mol. The van der Waals surface area contributed by atoms with E-state index in [0.717, 1.165) is 16.1 Å². The van der Waals surface area contributed by atoms with E-state index in [2.05, 4.69) is 10.4 Å². The van der Waals surface area contributed by atoms with E-state index in [1.165, 1.54) is 4.90 Å². The number of amides is 2. The number of nitrogens with two attached hydrogens (primary N) is 2. The summed E-state index contributed by atoms with van der Waals surface area (Å²) in [5.41, 5.74) is 7.90. The van der Waals surface area contributed by atoms with Crippen molar-refractivity contribution in [2.24, 2.45) is 16.7 Å². The molecule has 10 nitrogen and oxygen atoms in total. The van der Waals surface area contributed by atoms with Gasteiger partial charge in [0, 0.05) is 18.5 Å². The summed E-state index contributed by atoms with van der Waals surface area (Å²) in [6.07, 6.45) is 1.56. The first-order valence-electron chi connectivity index (χ1n) is 9.55. The van der Waals surface area contributed by atoms with Crippen LogP contribution >= 0.6 is 0 Å². The molecular weight excluding hydrogens is 400 g/mol. The van der Waals surface area contributed by atoms with E-state index in [-0.39, 0.29) is 24.9 Å². The summed E-state index contributed by atoms with van der Waals surface area (Å²) >= 11 is 0. The Morgan fingerprint density at radius 2 is 2.06 bits per heavy atom. The van der Waals surface area contributed by atoms with Crippen molar-refractivity contribution in [1.82, 2.24) is 10.4 Å². The number of fused-ring (bicyclic) bond motifs is 2. The van der Waals surface area contributed by atoms with Crippen LogP contribution in [0.5, 0.6) is 5.75 Å². The largest absolute Gasteiger partial charge is 0.489 e. The minimum Gasteiger partial charge on any atom is -0.489 e. The highest BCUT2D eigenvalue weighted by atomic mass is 16.5. The highest BCUT2D eigenvalue weighted by Crippen LogP contribution is 2.35. The van der Waals surface area contributed by atoms with Gasteiger partial charge in [-0.3, -0.25) is 9.59 Å². The molecule has 0 fully saturated rings. The van der Waals surface area contributed by atoms with Crippen molar-refractivity contribution < 1.29 is 18.7 Å². The molecule has 10 heteroatoms. The van der Waals surface area contributed by atoms with Crippen LogP contribution in [0.3, 0.4) is 0 Å². The van der Waals surface area contributed by atoms with Gasteiger partial charge < -0.3 is 25.1 Å². The fourth-order valence-corrected chi connectivity index (χ4v) is 3.28. The van der Waals surface area contributed by atoms with Crippen molar-refractivity contribution in [1.29, 1.82) is 0 Å². The molecule has 31 heavy (non-hydrogen) atoms. The van der Waals surface area contributed by atoms with Crippen LogP contribution in [0.25, 0.3) is 11.0 Å². The van der Waals surface area contributed by atoms with Gasteiger partial charge in [0.25, 0.3) is 11.8 Å². The van der Waals surface area contributed by atoms with Crippen LogP contribution in [0.15, 0.2) is 64.3 Å². The third kappa shape index (κ3) is 4.28. The Balaban J connectivity index is 1.44. The number of nitrogens with one attached hydrogen (secondary N) is 1. The maximum atomic E-state index is 12.9. The monoisotopic (exact) mass is 422 g/mol. The van der Waals surface area contributed by atoms with Crippen molar-refractivity contribution in [3.63, 3.8) is 0 Å². The Hall–Kier alpha value is -4.05. The van der Waals surface area contributed by atoms with E-state index >= 15 is 0 Å². The zero-order valence-electron chi connectivity index (χ0n) is 16.8. The van der Waals surface area contributed by atoms with E-state index in [9.17, 15) is 9.59 Å². The fraction of sp³-hybridized carbons (Fsp3) is 0.190. The van der Waals surface area contributed by atoms with Crippen molar-refractivity contribution in [2.75, 3.05) is 18.6 Å². The summed E-state index contributed by atoms with van der Waals surface area (Å²) in [6, 6.07) is 13.7. The first-order valence-corrected chi connectivity index (χ1v) is 9.55. The molecule has 1 aliphatic rings. The molecule has 0 saturated carbocycles. The topological polar surface area (TPSA) is 139 Å². The molecule has 2 heterocycles. The molecule has 2 aromatic carbocycles. The lowest BCUT2D eigenvalue weighted by atomic mass is 10.2. The third-order valence-corrected chi connectivity index (χ3v) is 4.89. The first kappa shape index (κ1) is 20.2. The fourth-order valence-electron chi connectivity index (χ4n) is 3.28. The number of anilines is 1. The molecule has 0 aliphatic carbocycles. The van der Waals surface area contributed by atoms with Crippen molar-refractivity contribution >= 4 is 34.3 Å². The van der Waals surface area contributed by atoms with Gasteiger partial charge in [-0.05, 0) is 17.7 Å². The normalized spacial score (nSPS) is 16.5. The Kier molecular flexibility index (Phi) is 5.46. The summed E-state index contributed by atoms with van der Waals surface area (Å²) in [6.45, 7) is 0.192. The number of ether oxygens (including phenoxy) is 1. The Labute approximate surface area is 178 Å². The molecule has 0 bridgehead atoms. The molecule has 0 radical (unpaired) electrons. The second-order valence-corrected chi connectivity index (χ2v) is 7.08. The highest BCUT2D eigenvalue weighted by Gasteiger charge is 2.31. The number of rotatable bonds is 4. The third-order valence-electron chi connectivity index (χ3n) is 4.89. The number of carbonyl (C=O) groups is 2. The Bertz CT molecular complexity index is 1140. The predicted octanol–water partition coefficient (Wildman–Crippen LogP) is 0.921. The number of hydrogen-bond donors (Lipinski definition) is 3. The van der Waals surface area contributed by atoms with Crippen LogP contribution in [0.4, 0.5) is 5.69 Å². The van der Waals surface area contributed by atoms with Gasteiger partial charge >= 0.3 is 0 Å². The second-order valence-electron chi connectivity index (χ2n) is 7.08. The number of likely N-dealkylation sites (N-methyl/N-ethyl adjacent to an activating group) is 1. The van der Waals surface area contributed by atoms with Gasteiger partial charge in [0.2, 0.25) is 5.84 Å². The molecule has 1 aliphatic heterocycles. The molecule has 2 amide bonds. The van der Waals surface area contributed by atoms with Gasteiger partial charge in [-0.25, -0.2) is 11.0 Å². The lowest BCUT2D eigenvalue weighted by molar-refractivity contribution is -0.124. The SMILES string of the molecule is CN1C(=O)[C@@H](NC(=O)/C(N)=N/N(N)Cc2ccccc2)COc2cc3occc3cc21. The molecule has 1 aromatic heterocycles. The molecule has 0 spiro atoms. The van der Waals surface area contributed by atoms with E-state index in [0.29, 0.717) is 17.0 Å². The van der Waals surface area contributed by atoms with E-state index in [1.807, 2.05) is 30.3 Å². The van der Waals surface area contributed by atoms with Crippen LogP contribution in [0, 0.1) is 0 Å². The molecule has 160 valence electrons. The number of benzene rings is 2. The molecule has 0 saturated heterocycles. The Morgan fingerprint density at radius 1 is 1.29 bits per heavy atom. The van der Waals surface area contributed by atoms with Crippen LogP contribution in [-0.4, -0.2) is 42.5 Å². The summed E-state index contributed by atoms with van der Waals surface area (Å²) < 4.78 is 11.2. The van der Waals surface area contributed by atoms with Gasteiger partial charge in [-0.2, -0.15) is 0 Å². The maximum Gasteiger partial charge on any atom is 0.289 e. The second kappa shape index (κ2) is 8.36. The van der Waals surface area contributed by atoms with E-state index in [4.69, 9.17) is 20.7 Å². The number of carbonyl (C=O) groups excluding carboxylic acids is 2. The van der Waals surface area contributed by atoms with Gasteiger partial charge in [-0.15, -0.1) is 5.10 Å². The van der Waals surface area contributed by atoms with Crippen LogP contribution < -0.4 is 26.5 Å². The average Bonchev–Trinajstić information content (AvgIpc) is 3.18. The van der Waals surface area contributed by atoms with Crippen LogP contribution in [0.2, 0.25) is 0 Å². The summed E-state index contributed by atoms with van der Waals surface area (Å²) in [4.78, 5) is 26.8. The van der Waals surface area contributed by atoms with Gasteiger partial charge in [0.05, 0.1) is 18.5 Å². The van der Waals surface area contributed by atoms with E-state index in [1.54, 1.807) is 31.5 Å². The number of amidine groups is 1. The van der Waals surface area contributed by atoms with Crippen LogP contribution in [-0.2, 0) is 16.1 Å². The van der Waals surface area contributed by atoms with Gasteiger partial charge in [0.1, 0.15) is 24.0 Å². The lowest BCUT2D eigenvalue weighted by Crippen LogP contribution is -2.52. The van der Waals surface area contributed by atoms with Crippen molar-refractivity contribution in [2.45, 2.75) is 12.6 Å². The zero-order chi connectivity index (χ0) is 22.0. The van der Waals surface area contributed by atoms with Crippen molar-refractivity contribution in [3.8, 4) is 5.75 Å². The molecule has 4 rings (SSSR count).